The Labute approximate surface area is 705 Å². The third kappa shape index (κ3) is 25.5. The smallest absolute Gasteiger partial charge is 0.323 e. The number of hydrogen-bond donors (Lipinski definition) is 5. The number of aromatic nitrogens is 10. The number of anilines is 2. The number of fused-ring (bicyclic) bond motifs is 2. The van der Waals surface area contributed by atoms with Crippen molar-refractivity contribution in [2.45, 2.75) is 112 Å². The number of imidazole rings is 2. The number of rotatable bonds is 44. The lowest BCUT2D eigenvalue weighted by Crippen LogP contribution is -2.51. The van der Waals surface area contributed by atoms with Gasteiger partial charge in [-0.05, 0) is 178 Å². The lowest BCUT2D eigenvalue weighted by Gasteiger charge is -2.34. The Morgan fingerprint density at radius 3 is 1.18 bits per heavy atom. The zero-order valence-corrected chi connectivity index (χ0v) is 70.3. The van der Waals surface area contributed by atoms with Crippen LogP contribution in [0.4, 0.5) is 11.4 Å². The maximum atomic E-state index is 14.1. The number of hydrogen-bond acceptors (Lipinski definition) is 20. The van der Waals surface area contributed by atoms with E-state index in [9.17, 15) is 43.5 Å². The van der Waals surface area contributed by atoms with Gasteiger partial charge in [-0.1, -0.05) is 67.6 Å². The van der Waals surface area contributed by atoms with Crippen LogP contribution in [0, 0.1) is 0 Å². The third-order valence-corrected chi connectivity index (χ3v) is 21.6. The number of ether oxygens (including phenoxy) is 2. The van der Waals surface area contributed by atoms with Gasteiger partial charge in [0.1, 0.15) is 47.6 Å². The normalized spacial score (nSPS) is 13.1. The number of carbonyl (C=O) groups is 8. The van der Waals surface area contributed by atoms with E-state index >= 15 is 0 Å². The van der Waals surface area contributed by atoms with Crippen LogP contribution in [0.15, 0.2) is 146 Å². The Morgan fingerprint density at radius 1 is 0.438 bits per heavy atom. The molecule has 6 heterocycles. The monoisotopic (exact) mass is 1650 g/mol. The van der Waals surface area contributed by atoms with Gasteiger partial charge in [0.15, 0.2) is 0 Å². The van der Waals surface area contributed by atoms with Crippen LogP contribution < -0.4 is 29.9 Å². The highest BCUT2D eigenvalue weighted by molar-refractivity contribution is 5.92. The van der Waals surface area contributed by atoms with Crippen molar-refractivity contribution in [2.24, 2.45) is 0 Å². The van der Waals surface area contributed by atoms with Gasteiger partial charge in [0.25, 0.3) is 0 Å². The summed E-state index contributed by atoms with van der Waals surface area (Å²) in [6, 6.07) is 45.5. The highest BCUT2D eigenvalue weighted by Crippen LogP contribution is 2.32. The van der Waals surface area contributed by atoms with Crippen LogP contribution in [-0.2, 0) is 64.5 Å². The molecular formula is C89H113N21O11. The summed E-state index contributed by atoms with van der Waals surface area (Å²) in [5, 5.41) is 32.6. The number of nitrogens with zero attached hydrogens (tertiary/aromatic N) is 17. The van der Waals surface area contributed by atoms with Gasteiger partial charge in [0, 0.05) is 140 Å². The number of carbonyl (C=O) groups excluding carboxylic acids is 7. The van der Waals surface area contributed by atoms with Crippen molar-refractivity contribution >= 4 is 80.8 Å². The van der Waals surface area contributed by atoms with Gasteiger partial charge in [0.2, 0.25) is 41.4 Å². The first-order chi connectivity index (χ1) is 58.7. The summed E-state index contributed by atoms with van der Waals surface area (Å²) < 4.78 is 15.1. The van der Waals surface area contributed by atoms with Crippen molar-refractivity contribution < 1.29 is 52.9 Å². The van der Waals surface area contributed by atoms with Crippen molar-refractivity contribution in [3.8, 4) is 56.5 Å². The fourth-order valence-electron chi connectivity index (χ4n) is 14.7. The molecule has 0 saturated carbocycles. The Bertz CT molecular complexity index is 5090. The number of benzene rings is 6. The highest BCUT2D eigenvalue weighted by Gasteiger charge is 2.30. The van der Waals surface area contributed by atoms with Crippen molar-refractivity contribution in [1.29, 1.82) is 0 Å². The van der Waals surface area contributed by atoms with Gasteiger partial charge in [-0.25, -0.2) is 9.97 Å². The number of piperazine rings is 2. The van der Waals surface area contributed by atoms with Crippen LogP contribution in [0.3, 0.4) is 0 Å². The van der Waals surface area contributed by atoms with Crippen LogP contribution in [0.5, 0.6) is 11.5 Å². The molecule has 2 aliphatic heterocycles. The van der Waals surface area contributed by atoms with Gasteiger partial charge in [-0.2, -0.15) is 0 Å². The SMILES string of the molecule is CCCN(CC(=O)N(CCC)CC(=O)N(CCC)CC(=O)N(CC(=O)O)Cc1cn(CCCNC(=O)CCCOc2ccc(-c3nc4cc(-c5ccc(N6CCN(C)CC6)cc5)ccc4[nH]3)cc2)nn1)C(=O)CN(Cc1cn(CCCNC(=O)CCCOc2ccc(-c3nc4cc(-c5ccc(N6CCN(C)CC6)cc5)ccc4[nH]3)cc2)nn1)C(C)=O. The summed E-state index contributed by atoms with van der Waals surface area (Å²) >= 11 is 0. The molecule has 12 rings (SSSR count). The minimum absolute atomic E-state index is 0.0370. The van der Waals surface area contributed by atoms with Crippen LogP contribution in [0.1, 0.15) is 96.9 Å². The van der Waals surface area contributed by atoms with Crippen LogP contribution in [-0.4, -0.2) is 282 Å². The zero-order chi connectivity index (χ0) is 85.2. The fourth-order valence-corrected chi connectivity index (χ4v) is 14.7. The molecule has 640 valence electrons. The fraction of sp³-hybridized carbons (Fsp3) is 0.438. The van der Waals surface area contributed by atoms with Crippen molar-refractivity contribution in [3.05, 3.63) is 157 Å². The number of carboxylic acids is 1. The number of likely N-dealkylation sites (N-methyl/N-ethyl adjacent to an activating group) is 2. The molecule has 0 atom stereocenters. The van der Waals surface area contributed by atoms with E-state index in [2.05, 4.69) is 160 Å². The van der Waals surface area contributed by atoms with E-state index in [-0.39, 0.29) is 70.5 Å². The summed E-state index contributed by atoms with van der Waals surface area (Å²) in [7, 11) is 4.33. The van der Waals surface area contributed by atoms with E-state index in [1.165, 1.54) is 37.9 Å². The van der Waals surface area contributed by atoms with E-state index in [1.807, 2.05) is 69.3 Å². The van der Waals surface area contributed by atoms with E-state index in [1.54, 1.807) is 21.8 Å². The molecule has 2 saturated heterocycles. The molecule has 121 heavy (non-hydrogen) atoms. The second-order valence-electron chi connectivity index (χ2n) is 31.1. The molecule has 6 aromatic carbocycles. The van der Waals surface area contributed by atoms with E-state index in [0.29, 0.717) is 107 Å². The van der Waals surface area contributed by atoms with Gasteiger partial charge >= 0.3 is 5.97 Å². The number of carboxylic acid groups (broad SMARTS) is 1. The molecule has 32 nitrogen and oxygen atoms in total. The molecule has 0 radical (unpaired) electrons. The second kappa shape index (κ2) is 43.4. The van der Waals surface area contributed by atoms with Gasteiger partial charge in [-0.3, -0.25) is 47.7 Å². The molecular weight excluding hydrogens is 1540 g/mol. The van der Waals surface area contributed by atoms with Gasteiger partial charge < -0.3 is 79.3 Å². The topological polar surface area (TPSA) is 347 Å². The Hall–Kier alpha value is -12.6. The number of nitrogens with one attached hydrogen (secondary N) is 4. The van der Waals surface area contributed by atoms with E-state index in [4.69, 9.17) is 19.4 Å². The van der Waals surface area contributed by atoms with Crippen molar-refractivity contribution in [1.82, 2.24) is 94.9 Å². The maximum Gasteiger partial charge on any atom is 0.323 e. The first-order valence-electron chi connectivity index (χ1n) is 42.1. The predicted molar refractivity (Wildman–Crippen MR) is 463 cm³/mol. The highest BCUT2D eigenvalue weighted by atomic mass is 16.5. The molecule has 0 spiro atoms. The largest absolute Gasteiger partial charge is 0.494 e. The summed E-state index contributed by atoms with van der Waals surface area (Å²) in [6.07, 6.45) is 7.28. The van der Waals surface area contributed by atoms with Gasteiger partial charge in [-0.15, -0.1) is 10.2 Å². The molecule has 2 fully saturated rings. The first-order valence-corrected chi connectivity index (χ1v) is 42.1. The summed E-state index contributed by atoms with van der Waals surface area (Å²) in [4.78, 5) is 140. The summed E-state index contributed by atoms with van der Waals surface area (Å²) in [6.45, 7) is 15.3. The zero-order valence-electron chi connectivity index (χ0n) is 70.3. The molecule has 0 unspecified atom stereocenters. The molecule has 2 aliphatic rings. The average molecular weight is 1650 g/mol. The standard InChI is InChI=1S/C89H113N21O11/c1-7-38-104(83(114)60-105(39-8-2)85(116)62-107(64(4)111)55-71-57-109(98-96-71)41-12-36-90-81(112)14-10-51-120-75-30-20-67(21-31-75)88-92-77-34-24-69(53-79(77)94-88)65-16-26-73(27-17-65)102-47-43-100(5)44-48-102)59-84(115)106(40-9-3)61-86(117)108(63-87(118)119)56-72-58-110(99-97-72)42-13-37-91-82(113)15-11-52-121-76-32-22-68(23-33-76)89-93-78-35-25-70(54-80(78)95-89)66-18-28-74(29-19-66)103-49-45-101(6)46-50-103/h16-35,53-54,57-58H,7-15,36-52,55-56,59-63H2,1-6H3,(H,90,112)(H,91,113)(H,92,94)(H,93,95)(H,118,119). The number of amides is 7. The number of H-pyrrole nitrogens is 2. The third-order valence-electron chi connectivity index (χ3n) is 21.6. The maximum absolute atomic E-state index is 14.1. The van der Waals surface area contributed by atoms with Crippen LogP contribution in [0.25, 0.3) is 67.1 Å². The number of aromatic amines is 2. The summed E-state index contributed by atoms with van der Waals surface area (Å²) in [5.74, 6) is -1.26. The van der Waals surface area contributed by atoms with Crippen molar-refractivity contribution in [2.75, 3.05) is 155 Å². The van der Waals surface area contributed by atoms with E-state index < -0.39 is 55.1 Å². The van der Waals surface area contributed by atoms with Gasteiger partial charge in [0.05, 0.1) is 80.4 Å². The van der Waals surface area contributed by atoms with Crippen molar-refractivity contribution in [3.63, 3.8) is 0 Å². The lowest BCUT2D eigenvalue weighted by atomic mass is 10.0. The number of aryl methyl sites for hydroxylation is 2. The Kier molecular flexibility index (Phi) is 31.5. The quantitative estimate of drug-likeness (QED) is 0.0223. The molecule has 5 N–H and O–H groups in total. The molecule has 0 aliphatic carbocycles. The summed E-state index contributed by atoms with van der Waals surface area (Å²) in [5.41, 5.74) is 13.2. The molecule has 0 bridgehead atoms. The molecule has 32 heteroatoms. The minimum Gasteiger partial charge on any atom is -0.494 e. The average Bonchev–Trinajstić information content (AvgIpc) is 1.69. The second-order valence-corrected chi connectivity index (χ2v) is 31.1. The van der Waals surface area contributed by atoms with Crippen LogP contribution in [0.2, 0.25) is 0 Å². The Balaban J connectivity index is 0.518. The lowest BCUT2D eigenvalue weighted by molar-refractivity contribution is -0.149. The predicted octanol–water partition coefficient (Wildman–Crippen LogP) is 8.70. The molecule has 4 aromatic heterocycles. The van der Waals surface area contributed by atoms with Crippen LogP contribution >= 0.6 is 0 Å². The first kappa shape index (κ1) is 87.7. The Morgan fingerprint density at radius 2 is 0.802 bits per heavy atom. The van der Waals surface area contributed by atoms with E-state index in [0.717, 1.165) is 124 Å². The molecule has 10 aromatic rings. The molecule has 7 amide bonds. The number of aliphatic carboxylic acids is 1. The minimum atomic E-state index is -1.28.